The number of aldehydes is 1. The molecule has 79 valence electrons. The minimum Gasteiger partial charge on any atom is -0.446 e. The van der Waals surface area contributed by atoms with Gasteiger partial charge in [0.15, 0.2) is 0 Å². The smallest absolute Gasteiger partial charge is 0.123 e. The van der Waals surface area contributed by atoms with Crippen molar-refractivity contribution in [2.24, 2.45) is 0 Å². The molecule has 0 aliphatic carbocycles. The largest absolute Gasteiger partial charge is 0.446 e. The predicted molar refractivity (Wildman–Crippen MR) is 52.8 cm³/mol. The number of hydrogen-bond acceptors (Lipinski definition) is 2. The first-order chi connectivity index (χ1) is 6.90. The summed E-state index contributed by atoms with van der Waals surface area (Å²) in [6.07, 6.45) is 2.78. The maximum Gasteiger partial charge on any atom is 0.123 e. The van der Waals surface area contributed by atoms with Crippen LogP contribution in [0.3, 0.4) is 0 Å². The van der Waals surface area contributed by atoms with Gasteiger partial charge >= 0.3 is 0 Å². The van der Waals surface area contributed by atoms with Crippen molar-refractivity contribution >= 4 is 6.29 Å². The van der Waals surface area contributed by atoms with Crippen molar-refractivity contribution in [1.82, 2.24) is 9.97 Å². The monoisotopic (exact) mass is 378 g/mol. The van der Waals surface area contributed by atoms with E-state index in [0.717, 1.165) is 17.5 Å². The molecule has 3 nitrogen and oxygen atoms in total. The van der Waals surface area contributed by atoms with Crippen LogP contribution in [0.15, 0.2) is 36.5 Å². The summed E-state index contributed by atoms with van der Waals surface area (Å²) in [4.78, 5) is 18.5. The number of benzene rings is 1. The van der Waals surface area contributed by atoms with Gasteiger partial charge in [0.1, 0.15) is 6.29 Å². The third kappa shape index (κ3) is 2.85. The van der Waals surface area contributed by atoms with Crippen LogP contribution in [0.4, 0.5) is 0 Å². The van der Waals surface area contributed by atoms with Crippen molar-refractivity contribution in [3.63, 3.8) is 0 Å². The summed E-state index contributed by atoms with van der Waals surface area (Å²) in [6, 6.07) is 9.78. The second-order valence-electron chi connectivity index (χ2n) is 2.91. The van der Waals surface area contributed by atoms with Crippen LogP contribution in [0.25, 0.3) is 11.3 Å². The van der Waals surface area contributed by atoms with Crippen LogP contribution in [0, 0.1) is 0 Å². The van der Waals surface area contributed by atoms with Crippen LogP contribution in [-0.2, 0) is 31.3 Å². The van der Waals surface area contributed by atoms with Crippen molar-refractivity contribution < 1.29 is 24.9 Å². The number of hydrogen-bond donors (Lipinski definition) is 0. The normalized spacial score (nSPS) is 9.33. The average Bonchev–Trinajstić information content (AvgIpc) is 2.68. The third-order valence-corrected chi connectivity index (χ3v) is 1.92. The SMILES string of the molecule is O=CCc1nc(-c2ccccc2)c[n-]1.[Ir]. The van der Waals surface area contributed by atoms with E-state index >= 15 is 0 Å². The first-order valence-electron chi connectivity index (χ1n) is 4.38. The van der Waals surface area contributed by atoms with Crippen LogP contribution in [0.1, 0.15) is 5.82 Å². The summed E-state index contributed by atoms with van der Waals surface area (Å²) in [7, 11) is 0. The van der Waals surface area contributed by atoms with E-state index in [1.807, 2.05) is 30.3 Å². The van der Waals surface area contributed by atoms with Crippen molar-refractivity contribution in [3.05, 3.63) is 42.4 Å². The molecule has 0 saturated carbocycles. The Morgan fingerprint density at radius 1 is 1.27 bits per heavy atom. The molecule has 0 atom stereocenters. The van der Waals surface area contributed by atoms with Gasteiger partial charge in [0, 0.05) is 26.5 Å². The molecule has 1 heterocycles. The molecule has 15 heavy (non-hydrogen) atoms. The van der Waals surface area contributed by atoms with Gasteiger partial charge in [-0.2, -0.15) is 0 Å². The molecule has 0 bridgehead atoms. The zero-order valence-corrected chi connectivity index (χ0v) is 10.3. The number of carbonyl (C=O) groups is 1. The number of imidazole rings is 1. The van der Waals surface area contributed by atoms with Crippen LogP contribution in [-0.4, -0.2) is 11.3 Å². The zero-order chi connectivity index (χ0) is 9.80. The summed E-state index contributed by atoms with van der Waals surface area (Å²) in [5.41, 5.74) is 1.85. The summed E-state index contributed by atoms with van der Waals surface area (Å²) in [5, 5.41) is 0. The Morgan fingerprint density at radius 3 is 2.67 bits per heavy atom. The quantitative estimate of drug-likeness (QED) is 0.761. The Balaban J connectivity index is 0.00000112. The fraction of sp³-hybridized carbons (Fsp3) is 0.0909. The fourth-order valence-electron chi connectivity index (χ4n) is 1.25. The standard InChI is InChI=1S/C11H9N2O.Ir/c14-7-6-11-12-8-10(13-11)9-4-2-1-3-5-9;/h1-5,7-8H,6H2;/q-1;. The second-order valence-corrected chi connectivity index (χ2v) is 2.91. The van der Waals surface area contributed by atoms with E-state index in [9.17, 15) is 4.79 Å². The Labute approximate surface area is 101 Å². The van der Waals surface area contributed by atoms with Gasteiger partial charge in [0.25, 0.3) is 0 Å². The summed E-state index contributed by atoms with van der Waals surface area (Å²) < 4.78 is 0. The van der Waals surface area contributed by atoms with Gasteiger partial charge in [0.05, 0.1) is 0 Å². The molecule has 0 aliphatic rings. The van der Waals surface area contributed by atoms with Crippen LogP contribution >= 0.6 is 0 Å². The van der Waals surface area contributed by atoms with Gasteiger partial charge in [-0.1, -0.05) is 42.4 Å². The number of rotatable bonds is 3. The summed E-state index contributed by atoms with van der Waals surface area (Å²) >= 11 is 0. The summed E-state index contributed by atoms with van der Waals surface area (Å²) in [6.45, 7) is 0. The minimum absolute atomic E-state index is 0. The molecule has 2 rings (SSSR count). The van der Waals surface area contributed by atoms with Gasteiger partial charge in [-0.15, -0.1) is 0 Å². The Bertz CT molecular complexity index is 425. The molecule has 0 fully saturated rings. The predicted octanol–water partition coefficient (Wildman–Crippen LogP) is 1.44. The first-order valence-corrected chi connectivity index (χ1v) is 4.38. The molecule has 1 radical (unpaired) electrons. The maximum absolute atomic E-state index is 10.2. The Kier molecular flexibility index (Phi) is 4.40. The summed E-state index contributed by atoms with van der Waals surface area (Å²) in [5.74, 6) is 0.582. The molecule has 0 amide bonds. The zero-order valence-electron chi connectivity index (χ0n) is 7.88. The average molecular weight is 377 g/mol. The molecular weight excluding hydrogens is 368 g/mol. The van der Waals surface area contributed by atoms with Gasteiger partial charge in [-0.3, -0.25) is 0 Å². The van der Waals surface area contributed by atoms with Crippen LogP contribution in [0.2, 0.25) is 0 Å². The minimum atomic E-state index is 0. The first kappa shape index (κ1) is 11.8. The molecular formula is C11H9IrN2O-. The second kappa shape index (κ2) is 5.59. The van der Waals surface area contributed by atoms with E-state index in [1.165, 1.54) is 0 Å². The fourth-order valence-corrected chi connectivity index (χ4v) is 1.25. The van der Waals surface area contributed by atoms with Crippen molar-refractivity contribution in [3.8, 4) is 11.3 Å². The van der Waals surface area contributed by atoms with Gasteiger partial charge < -0.3 is 14.8 Å². The number of aromatic nitrogens is 2. The van der Waals surface area contributed by atoms with Crippen LogP contribution < -0.4 is 4.98 Å². The molecule has 2 aromatic rings. The molecule has 0 spiro atoms. The maximum atomic E-state index is 10.2. The molecule has 0 saturated heterocycles. The number of nitrogens with zero attached hydrogens (tertiary/aromatic N) is 2. The topological polar surface area (TPSA) is 44.1 Å². The van der Waals surface area contributed by atoms with E-state index < -0.39 is 0 Å². The van der Waals surface area contributed by atoms with Crippen molar-refractivity contribution in [1.29, 1.82) is 0 Å². The van der Waals surface area contributed by atoms with E-state index in [2.05, 4.69) is 9.97 Å². The van der Waals surface area contributed by atoms with E-state index in [1.54, 1.807) is 6.20 Å². The molecule has 0 aliphatic heterocycles. The molecule has 0 unspecified atom stereocenters. The van der Waals surface area contributed by atoms with Gasteiger partial charge in [0.2, 0.25) is 0 Å². The number of carbonyl (C=O) groups excluding carboxylic acids is 1. The molecule has 0 N–H and O–H groups in total. The Hall–Kier alpha value is -1.25. The van der Waals surface area contributed by atoms with Gasteiger partial charge in [-0.25, -0.2) is 0 Å². The van der Waals surface area contributed by atoms with E-state index in [4.69, 9.17) is 0 Å². The Morgan fingerprint density at radius 2 is 2.00 bits per heavy atom. The molecule has 4 heteroatoms. The van der Waals surface area contributed by atoms with E-state index in [-0.39, 0.29) is 26.5 Å². The molecule has 1 aromatic carbocycles. The molecule has 1 aromatic heterocycles. The third-order valence-electron chi connectivity index (χ3n) is 1.92. The van der Waals surface area contributed by atoms with Crippen molar-refractivity contribution in [2.45, 2.75) is 6.42 Å². The van der Waals surface area contributed by atoms with Crippen LogP contribution in [0.5, 0.6) is 0 Å². The van der Waals surface area contributed by atoms with Crippen molar-refractivity contribution in [2.75, 3.05) is 0 Å². The van der Waals surface area contributed by atoms with Gasteiger partial charge in [-0.05, 0) is 11.3 Å². The van der Waals surface area contributed by atoms with E-state index in [0.29, 0.717) is 5.82 Å².